The highest BCUT2D eigenvalue weighted by Crippen LogP contribution is 2.23. The van der Waals surface area contributed by atoms with Crippen molar-refractivity contribution in [3.8, 4) is 0 Å². The molecule has 1 N–H and O–H groups in total. The van der Waals surface area contributed by atoms with Crippen LogP contribution in [0.1, 0.15) is 17.3 Å². The standard InChI is InChI=1S/C13H10BrN3O3/c1-2-20-12(18)9-5-7-3-4-8(14)6-10(7)17-11(9)15-16-13(17)19/h3-6H,2H2,1H3,(H,16,19). The molecule has 0 radical (unpaired) electrons. The Labute approximate surface area is 121 Å². The van der Waals surface area contributed by atoms with E-state index in [0.717, 1.165) is 9.86 Å². The second kappa shape index (κ2) is 4.75. The van der Waals surface area contributed by atoms with Crippen molar-refractivity contribution >= 4 is 38.4 Å². The Kier molecular flexibility index (Phi) is 3.06. The van der Waals surface area contributed by atoms with Crippen molar-refractivity contribution in [3.05, 3.63) is 44.8 Å². The molecule has 0 aliphatic rings. The molecule has 2 aromatic heterocycles. The van der Waals surface area contributed by atoms with E-state index < -0.39 is 11.7 Å². The van der Waals surface area contributed by atoms with Crippen LogP contribution in [0.4, 0.5) is 0 Å². The smallest absolute Gasteiger partial charge is 0.348 e. The van der Waals surface area contributed by atoms with Crippen molar-refractivity contribution < 1.29 is 9.53 Å². The van der Waals surface area contributed by atoms with Crippen LogP contribution >= 0.6 is 15.9 Å². The van der Waals surface area contributed by atoms with Crippen LogP contribution in [0, 0.1) is 0 Å². The second-order valence-corrected chi connectivity index (χ2v) is 5.09. The number of benzene rings is 1. The molecule has 0 saturated heterocycles. The van der Waals surface area contributed by atoms with Gasteiger partial charge in [-0.1, -0.05) is 22.0 Å². The first-order chi connectivity index (χ1) is 9.61. The van der Waals surface area contributed by atoms with Gasteiger partial charge in [-0.2, -0.15) is 5.10 Å². The minimum Gasteiger partial charge on any atom is -0.462 e. The second-order valence-electron chi connectivity index (χ2n) is 4.17. The number of pyridine rings is 1. The summed E-state index contributed by atoms with van der Waals surface area (Å²) in [4.78, 5) is 23.9. The monoisotopic (exact) mass is 335 g/mol. The number of nitrogens with zero attached hydrogens (tertiary/aromatic N) is 2. The maximum Gasteiger partial charge on any atom is 0.348 e. The van der Waals surface area contributed by atoms with E-state index in [4.69, 9.17) is 4.74 Å². The number of esters is 1. The first-order valence-electron chi connectivity index (χ1n) is 5.98. The minimum absolute atomic E-state index is 0.262. The number of hydrogen-bond donors (Lipinski definition) is 1. The molecule has 7 heteroatoms. The summed E-state index contributed by atoms with van der Waals surface area (Å²) in [6.07, 6.45) is 0. The number of nitrogens with one attached hydrogen (secondary N) is 1. The van der Waals surface area contributed by atoms with Gasteiger partial charge in [-0.05, 0) is 30.5 Å². The first kappa shape index (κ1) is 12.9. The molecule has 0 atom stereocenters. The quantitative estimate of drug-likeness (QED) is 0.727. The number of H-pyrrole nitrogens is 1. The molecule has 0 aliphatic heterocycles. The third kappa shape index (κ3) is 1.90. The van der Waals surface area contributed by atoms with Crippen molar-refractivity contribution in [3.63, 3.8) is 0 Å². The number of carbonyl (C=O) groups excluding carboxylic acids is 1. The van der Waals surface area contributed by atoms with E-state index in [9.17, 15) is 9.59 Å². The molecule has 6 nitrogen and oxygen atoms in total. The fraction of sp³-hybridized carbons (Fsp3) is 0.154. The molecular formula is C13H10BrN3O3. The van der Waals surface area contributed by atoms with Crippen LogP contribution in [0.3, 0.4) is 0 Å². The molecular weight excluding hydrogens is 326 g/mol. The molecule has 0 saturated carbocycles. The Morgan fingerprint density at radius 2 is 2.25 bits per heavy atom. The van der Waals surface area contributed by atoms with Crippen molar-refractivity contribution in [2.24, 2.45) is 0 Å². The minimum atomic E-state index is -0.499. The largest absolute Gasteiger partial charge is 0.462 e. The van der Waals surface area contributed by atoms with Gasteiger partial charge in [0.1, 0.15) is 5.56 Å². The Bertz CT molecular complexity index is 882. The predicted molar refractivity (Wildman–Crippen MR) is 77.0 cm³/mol. The number of aromatic nitrogens is 3. The first-order valence-corrected chi connectivity index (χ1v) is 6.77. The van der Waals surface area contributed by atoms with Gasteiger partial charge in [0.05, 0.1) is 12.1 Å². The van der Waals surface area contributed by atoms with Crippen LogP contribution in [0.5, 0.6) is 0 Å². The van der Waals surface area contributed by atoms with E-state index in [1.165, 1.54) is 4.40 Å². The lowest BCUT2D eigenvalue weighted by Gasteiger charge is -2.06. The van der Waals surface area contributed by atoms with Crippen LogP contribution in [-0.4, -0.2) is 27.2 Å². The lowest BCUT2D eigenvalue weighted by Crippen LogP contribution is -2.13. The average Bonchev–Trinajstić information content (AvgIpc) is 2.81. The topological polar surface area (TPSA) is 76.5 Å². The molecule has 0 fully saturated rings. The number of carbonyl (C=O) groups is 1. The molecule has 0 bridgehead atoms. The van der Waals surface area contributed by atoms with E-state index >= 15 is 0 Å². The number of ether oxygens (including phenoxy) is 1. The third-order valence-corrected chi connectivity index (χ3v) is 3.44. The lowest BCUT2D eigenvalue weighted by atomic mass is 10.1. The van der Waals surface area contributed by atoms with Gasteiger partial charge in [0.25, 0.3) is 0 Å². The number of fused-ring (bicyclic) bond motifs is 3. The molecule has 102 valence electrons. The van der Waals surface area contributed by atoms with Gasteiger partial charge in [0.2, 0.25) is 0 Å². The van der Waals surface area contributed by atoms with Crippen molar-refractivity contribution in [2.75, 3.05) is 6.61 Å². The number of aromatic amines is 1. The van der Waals surface area contributed by atoms with Gasteiger partial charge in [-0.15, -0.1) is 0 Å². The van der Waals surface area contributed by atoms with Gasteiger partial charge in [0.15, 0.2) is 5.65 Å². The SMILES string of the molecule is CCOC(=O)c1cc2ccc(Br)cc2n2c(=O)[nH]nc12. The predicted octanol–water partition coefficient (Wildman–Crippen LogP) is 2.11. The molecule has 0 unspecified atom stereocenters. The Morgan fingerprint density at radius 3 is 3.00 bits per heavy atom. The van der Waals surface area contributed by atoms with Crippen molar-refractivity contribution in [1.82, 2.24) is 14.6 Å². The maximum absolute atomic E-state index is 12.0. The van der Waals surface area contributed by atoms with E-state index in [0.29, 0.717) is 5.52 Å². The highest BCUT2D eigenvalue weighted by atomic mass is 79.9. The molecule has 2 heterocycles. The number of halogens is 1. The van der Waals surface area contributed by atoms with E-state index in [-0.39, 0.29) is 17.8 Å². The van der Waals surface area contributed by atoms with Gasteiger partial charge >= 0.3 is 11.7 Å². The molecule has 20 heavy (non-hydrogen) atoms. The summed E-state index contributed by atoms with van der Waals surface area (Å²) in [5.41, 5.74) is 0.800. The summed E-state index contributed by atoms with van der Waals surface area (Å²) in [6, 6.07) is 7.14. The van der Waals surface area contributed by atoms with Crippen LogP contribution < -0.4 is 5.69 Å². The molecule has 3 rings (SSSR count). The summed E-state index contributed by atoms with van der Waals surface area (Å²) in [7, 11) is 0. The Hall–Kier alpha value is -2.15. The van der Waals surface area contributed by atoms with Crippen LogP contribution in [0.2, 0.25) is 0 Å². The zero-order chi connectivity index (χ0) is 14.3. The Morgan fingerprint density at radius 1 is 1.45 bits per heavy atom. The maximum atomic E-state index is 12.0. The van der Waals surface area contributed by atoms with Crippen LogP contribution in [0.15, 0.2) is 33.5 Å². The number of rotatable bonds is 2. The van der Waals surface area contributed by atoms with E-state index in [1.807, 2.05) is 12.1 Å². The third-order valence-electron chi connectivity index (χ3n) is 2.94. The molecule has 0 amide bonds. The summed E-state index contributed by atoms with van der Waals surface area (Å²) in [5, 5.41) is 7.03. The summed E-state index contributed by atoms with van der Waals surface area (Å²) < 4.78 is 7.20. The molecule has 1 aromatic carbocycles. The zero-order valence-corrected chi connectivity index (χ0v) is 12.1. The normalized spacial score (nSPS) is 11.1. The van der Waals surface area contributed by atoms with Crippen LogP contribution in [0.25, 0.3) is 16.6 Å². The highest BCUT2D eigenvalue weighted by molar-refractivity contribution is 9.10. The zero-order valence-electron chi connectivity index (χ0n) is 10.5. The van der Waals surface area contributed by atoms with E-state index in [1.54, 1.807) is 19.1 Å². The van der Waals surface area contributed by atoms with Gasteiger partial charge in [-0.3, -0.25) is 0 Å². The van der Waals surface area contributed by atoms with Gasteiger partial charge in [0, 0.05) is 4.47 Å². The van der Waals surface area contributed by atoms with Crippen molar-refractivity contribution in [2.45, 2.75) is 6.92 Å². The number of hydrogen-bond acceptors (Lipinski definition) is 4. The summed E-state index contributed by atoms with van der Waals surface area (Å²) in [5.74, 6) is -0.499. The van der Waals surface area contributed by atoms with Crippen molar-refractivity contribution in [1.29, 1.82) is 0 Å². The average molecular weight is 336 g/mol. The van der Waals surface area contributed by atoms with E-state index in [2.05, 4.69) is 26.1 Å². The highest BCUT2D eigenvalue weighted by Gasteiger charge is 2.17. The van der Waals surface area contributed by atoms with Crippen LogP contribution in [-0.2, 0) is 4.74 Å². The summed E-state index contributed by atoms with van der Waals surface area (Å²) >= 11 is 3.37. The fourth-order valence-corrected chi connectivity index (χ4v) is 2.46. The molecule has 3 aromatic rings. The molecule has 0 spiro atoms. The lowest BCUT2D eigenvalue weighted by molar-refractivity contribution is 0.0528. The van der Waals surface area contributed by atoms with Gasteiger partial charge in [-0.25, -0.2) is 19.1 Å². The fourth-order valence-electron chi connectivity index (χ4n) is 2.11. The van der Waals surface area contributed by atoms with Gasteiger partial charge < -0.3 is 4.74 Å². The Balaban J connectivity index is 2.44. The summed E-state index contributed by atoms with van der Waals surface area (Å²) in [6.45, 7) is 1.99. The molecule has 0 aliphatic carbocycles.